The number of carboxylic acids is 1. The molecule has 2 amide bonds. The predicted molar refractivity (Wildman–Crippen MR) is 143 cm³/mol. The van der Waals surface area contributed by atoms with Crippen LogP contribution in [0.15, 0.2) is 48.5 Å². The Morgan fingerprint density at radius 2 is 1.38 bits per heavy atom. The second-order valence-corrected chi connectivity index (χ2v) is 10.6. The van der Waals surface area contributed by atoms with Gasteiger partial charge in [-0.25, -0.2) is 13.6 Å². The number of aromatic carboxylic acids is 1. The molecule has 3 heterocycles. The summed E-state index contributed by atoms with van der Waals surface area (Å²) in [5.74, 6) is -4.32. The van der Waals surface area contributed by atoms with Crippen LogP contribution in [0.25, 0.3) is 16.6 Å². The minimum atomic E-state index is -2.79. The average Bonchev–Trinajstić information content (AvgIpc) is 3.31. The van der Waals surface area contributed by atoms with E-state index in [1.807, 2.05) is 4.90 Å². The number of carbonyl (C=O) groups excluding carboxylic acids is 2. The van der Waals surface area contributed by atoms with Gasteiger partial charge in [0, 0.05) is 74.8 Å². The fraction of sp³-hybridized carbons (Fsp3) is 0.414. The summed E-state index contributed by atoms with van der Waals surface area (Å²) in [6.45, 7) is 7.04. The van der Waals surface area contributed by atoms with Crippen LogP contribution in [0, 0.1) is 0 Å². The number of alkyl halides is 2. The van der Waals surface area contributed by atoms with E-state index in [9.17, 15) is 28.3 Å². The Bertz CT molecular complexity index is 1400. The zero-order chi connectivity index (χ0) is 27.9. The normalized spacial score (nSPS) is 18.1. The van der Waals surface area contributed by atoms with Gasteiger partial charge in [-0.15, -0.1) is 0 Å². The molecule has 39 heavy (non-hydrogen) atoms. The predicted octanol–water partition coefficient (Wildman–Crippen LogP) is 4.37. The molecule has 206 valence electrons. The summed E-state index contributed by atoms with van der Waals surface area (Å²) in [6.07, 6.45) is -0.788. The number of aromatic nitrogens is 1. The lowest BCUT2D eigenvalue weighted by atomic mass is 10.1. The maximum absolute atomic E-state index is 13.8. The lowest BCUT2D eigenvalue weighted by molar-refractivity contribution is -0.0495. The molecule has 3 aromatic rings. The Morgan fingerprint density at radius 3 is 1.97 bits per heavy atom. The van der Waals surface area contributed by atoms with E-state index in [4.69, 9.17) is 0 Å². The molecule has 2 aliphatic rings. The molecule has 0 unspecified atom stereocenters. The van der Waals surface area contributed by atoms with E-state index in [1.165, 1.54) is 17.0 Å². The van der Waals surface area contributed by atoms with E-state index in [0.717, 1.165) is 13.1 Å². The highest BCUT2D eigenvalue weighted by Crippen LogP contribution is 2.31. The van der Waals surface area contributed by atoms with Crippen LogP contribution in [-0.4, -0.2) is 93.4 Å². The molecule has 2 fully saturated rings. The SMILES string of the molecule is CC(C)N1CCN(C(=O)c2ccc3c(c2)cc(C(=O)N2CCC(F)(F)CC2)n3-c2ccc(C(=O)O)cc2)CC1. The first-order chi connectivity index (χ1) is 18.5. The van der Waals surface area contributed by atoms with Gasteiger partial charge in [0.1, 0.15) is 5.69 Å². The number of rotatable bonds is 5. The first-order valence-corrected chi connectivity index (χ1v) is 13.2. The van der Waals surface area contributed by atoms with Gasteiger partial charge in [0.2, 0.25) is 0 Å². The Balaban J connectivity index is 1.50. The van der Waals surface area contributed by atoms with Gasteiger partial charge in [0.15, 0.2) is 0 Å². The first-order valence-electron chi connectivity index (χ1n) is 13.2. The number of fused-ring (bicyclic) bond motifs is 1. The van der Waals surface area contributed by atoms with Crippen molar-refractivity contribution >= 4 is 28.7 Å². The van der Waals surface area contributed by atoms with Crippen LogP contribution in [-0.2, 0) is 0 Å². The van der Waals surface area contributed by atoms with Crippen molar-refractivity contribution in [2.24, 2.45) is 0 Å². The molecular formula is C29H32F2N4O4. The van der Waals surface area contributed by atoms with E-state index in [0.29, 0.717) is 41.3 Å². The fourth-order valence-corrected chi connectivity index (χ4v) is 5.36. The lowest BCUT2D eigenvalue weighted by Gasteiger charge is -2.37. The number of hydrogen-bond acceptors (Lipinski definition) is 4. The van der Waals surface area contributed by atoms with Crippen molar-refractivity contribution in [1.29, 1.82) is 0 Å². The molecular weight excluding hydrogens is 506 g/mol. The van der Waals surface area contributed by atoms with E-state index < -0.39 is 24.7 Å². The monoisotopic (exact) mass is 538 g/mol. The van der Waals surface area contributed by atoms with Crippen LogP contribution >= 0.6 is 0 Å². The molecule has 1 aromatic heterocycles. The summed E-state index contributed by atoms with van der Waals surface area (Å²) in [5, 5.41) is 9.96. The number of likely N-dealkylation sites (tertiary alicyclic amines) is 1. The summed E-state index contributed by atoms with van der Waals surface area (Å²) < 4.78 is 29.2. The molecule has 0 spiro atoms. The number of halogens is 2. The summed E-state index contributed by atoms with van der Waals surface area (Å²) >= 11 is 0. The Labute approximate surface area is 225 Å². The number of piperazine rings is 1. The summed E-state index contributed by atoms with van der Waals surface area (Å²) in [6, 6.07) is 13.5. The number of benzene rings is 2. The molecule has 2 saturated heterocycles. The number of piperidine rings is 1. The maximum Gasteiger partial charge on any atom is 0.335 e. The largest absolute Gasteiger partial charge is 0.478 e. The number of nitrogens with zero attached hydrogens (tertiary/aromatic N) is 4. The molecule has 0 bridgehead atoms. The second kappa shape index (κ2) is 10.4. The van der Waals surface area contributed by atoms with E-state index in [-0.39, 0.29) is 36.2 Å². The summed E-state index contributed by atoms with van der Waals surface area (Å²) in [4.78, 5) is 43.9. The zero-order valence-electron chi connectivity index (χ0n) is 22.1. The van der Waals surface area contributed by atoms with Crippen molar-refractivity contribution < 1.29 is 28.3 Å². The smallest absolute Gasteiger partial charge is 0.335 e. The molecule has 5 rings (SSSR count). The molecule has 0 aliphatic carbocycles. The van der Waals surface area contributed by atoms with Crippen LogP contribution in [0.4, 0.5) is 8.78 Å². The minimum absolute atomic E-state index is 0.0581. The number of hydrogen-bond donors (Lipinski definition) is 1. The van der Waals surface area contributed by atoms with Crippen molar-refractivity contribution in [3.63, 3.8) is 0 Å². The van der Waals surface area contributed by atoms with Crippen molar-refractivity contribution in [1.82, 2.24) is 19.3 Å². The van der Waals surface area contributed by atoms with Crippen molar-refractivity contribution in [3.05, 3.63) is 65.4 Å². The summed E-state index contributed by atoms with van der Waals surface area (Å²) in [5.41, 5.74) is 2.10. The highest BCUT2D eigenvalue weighted by atomic mass is 19.3. The van der Waals surface area contributed by atoms with Gasteiger partial charge in [-0.2, -0.15) is 0 Å². The molecule has 8 nitrogen and oxygen atoms in total. The highest BCUT2D eigenvalue weighted by Gasteiger charge is 2.36. The molecule has 0 atom stereocenters. The van der Waals surface area contributed by atoms with E-state index in [2.05, 4.69) is 18.7 Å². The fourth-order valence-electron chi connectivity index (χ4n) is 5.36. The minimum Gasteiger partial charge on any atom is -0.478 e. The Hall–Kier alpha value is -3.79. The maximum atomic E-state index is 13.8. The number of amides is 2. The van der Waals surface area contributed by atoms with Gasteiger partial charge in [-0.1, -0.05) is 0 Å². The molecule has 0 radical (unpaired) electrons. The second-order valence-electron chi connectivity index (χ2n) is 10.6. The van der Waals surface area contributed by atoms with Gasteiger partial charge >= 0.3 is 5.97 Å². The summed E-state index contributed by atoms with van der Waals surface area (Å²) in [7, 11) is 0. The molecule has 2 aliphatic heterocycles. The highest BCUT2D eigenvalue weighted by molar-refractivity contribution is 6.03. The van der Waals surface area contributed by atoms with E-state index in [1.54, 1.807) is 41.0 Å². The third-order valence-electron chi connectivity index (χ3n) is 7.75. The average molecular weight is 539 g/mol. The molecule has 2 aromatic carbocycles. The molecule has 0 saturated carbocycles. The quantitative estimate of drug-likeness (QED) is 0.522. The zero-order valence-corrected chi connectivity index (χ0v) is 22.1. The van der Waals surface area contributed by atoms with Gasteiger partial charge in [-0.3, -0.25) is 14.5 Å². The third kappa shape index (κ3) is 5.38. The Morgan fingerprint density at radius 1 is 0.795 bits per heavy atom. The van der Waals surface area contributed by atoms with Crippen molar-refractivity contribution in [2.45, 2.75) is 38.7 Å². The third-order valence-corrected chi connectivity index (χ3v) is 7.75. The Kier molecular flexibility index (Phi) is 7.15. The molecule has 10 heteroatoms. The van der Waals surface area contributed by atoms with E-state index >= 15 is 0 Å². The standard InChI is InChI=1S/C29H32F2N4O4/c1-19(2)32-13-15-34(16-14-32)26(36)21-5-8-24-22(17-21)18-25(27(37)33-11-9-29(30,31)10-12-33)35(24)23-6-3-20(4-7-23)28(38)39/h3-8,17-19H,9-16H2,1-2H3,(H,38,39). The lowest BCUT2D eigenvalue weighted by Crippen LogP contribution is -2.50. The van der Waals surface area contributed by atoms with Gasteiger partial charge in [-0.05, 0) is 62.4 Å². The van der Waals surface area contributed by atoms with Crippen LogP contribution in [0.5, 0.6) is 0 Å². The topological polar surface area (TPSA) is 86.1 Å². The van der Waals surface area contributed by atoms with Gasteiger partial charge in [0.25, 0.3) is 17.7 Å². The van der Waals surface area contributed by atoms with Crippen molar-refractivity contribution in [3.8, 4) is 5.69 Å². The number of carbonyl (C=O) groups is 3. The van der Waals surface area contributed by atoms with Crippen LogP contribution in [0.3, 0.4) is 0 Å². The first kappa shape index (κ1) is 26.8. The van der Waals surface area contributed by atoms with Crippen LogP contribution in [0.1, 0.15) is 57.9 Å². The van der Waals surface area contributed by atoms with Crippen LogP contribution in [0.2, 0.25) is 0 Å². The van der Waals surface area contributed by atoms with Crippen molar-refractivity contribution in [2.75, 3.05) is 39.3 Å². The van der Waals surface area contributed by atoms with Gasteiger partial charge in [0.05, 0.1) is 11.1 Å². The molecule has 1 N–H and O–H groups in total. The van der Waals surface area contributed by atoms with Gasteiger partial charge < -0.3 is 19.5 Å². The van der Waals surface area contributed by atoms with Crippen LogP contribution < -0.4 is 0 Å². The number of carboxylic acid groups (broad SMARTS) is 1.